The number of amides is 1. The summed E-state index contributed by atoms with van der Waals surface area (Å²) in [5.41, 5.74) is 0.112. The van der Waals surface area contributed by atoms with Gasteiger partial charge in [-0.15, -0.1) is 0 Å². The molecule has 0 atom stereocenters. The molecular weight excluding hydrogens is 302 g/mol. The smallest absolute Gasteiger partial charge is 0.341 e. The molecule has 0 saturated heterocycles. The zero-order valence-corrected chi connectivity index (χ0v) is 12.8. The molecule has 0 unspecified atom stereocenters. The zero-order chi connectivity index (χ0) is 16.3. The van der Waals surface area contributed by atoms with E-state index in [1.54, 1.807) is 0 Å². The van der Waals surface area contributed by atoms with Gasteiger partial charge in [0.2, 0.25) is 15.7 Å². The zero-order valence-electron chi connectivity index (χ0n) is 12.0. The Labute approximate surface area is 122 Å². The van der Waals surface area contributed by atoms with Crippen molar-refractivity contribution >= 4 is 21.4 Å². The van der Waals surface area contributed by atoms with E-state index < -0.39 is 20.5 Å². The number of hydrogen-bond donors (Lipinski definition) is 2. The molecule has 21 heavy (non-hydrogen) atoms. The van der Waals surface area contributed by atoms with Gasteiger partial charge in [-0.3, -0.25) is 4.79 Å². The van der Waals surface area contributed by atoms with E-state index in [0.29, 0.717) is 5.69 Å². The first-order valence-corrected chi connectivity index (χ1v) is 7.74. The summed E-state index contributed by atoms with van der Waals surface area (Å²) in [7, 11) is -4.59. The molecule has 0 aromatic heterocycles. The van der Waals surface area contributed by atoms with E-state index in [9.17, 15) is 22.0 Å². The average Bonchev–Trinajstić information content (AvgIpc) is 2.34. The van der Waals surface area contributed by atoms with Crippen LogP contribution >= 0.6 is 0 Å². The van der Waals surface area contributed by atoms with Crippen molar-refractivity contribution in [2.75, 3.05) is 11.9 Å². The summed E-state index contributed by atoms with van der Waals surface area (Å²) in [5, 5.41) is 5.52. The number of nitrogens with one attached hydrogen (secondary N) is 2. The van der Waals surface area contributed by atoms with Crippen molar-refractivity contribution in [1.29, 1.82) is 0 Å². The van der Waals surface area contributed by atoms with Crippen molar-refractivity contribution in [2.24, 2.45) is 0 Å². The number of carbonyl (C=O) groups excluding carboxylic acids is 1. The monoisotopic (exact) mass is 320 g/mol. The average molecular weight is 320 g/mol. The van der Waals surface area contributed by atoms with Crippen LogP contribution in [0.5, 0.6) is 0 Å². The summed E-state index contributed by atoms with van der Waals surface area (Å²) in [6, 6.07) is 4.82. The van der Waals surface area contributed by atoms with Crippen LogP contribution < -0.4 is 10.6 Å². The molecule has 1 aromatic carbocycles. The van der Waals surface area contributed by atoms with Gasteiger partial charge in [0.25, 0.3) is 0 Å². The SMILES string of the molecule is CC(C)(C)NC(=O)CNc1ccc(S(=O)(=O)C(F)F)cc1. The van der Waals surface area contributed by atoms with Crippen LogP contribution in [0, 0.1) is 0 Å². The molecule has 0 radical (unpaired) electrons. The highest BCUT2D eigenvalue weighted by Gasteiger charge is 2.26. The van der Waals surface area contributed by atoms with E-state index in [1.165, 1.54) is 12.1 Å². The van der Waals surface area contributed by atoms with Gasteiger partial charge in [-0.25, -0.2) is 8.42 Å². The van der Waals surface area contributed by atoms with E-state index in [2.05, 4.69) is 10.6 Å². The van der Waals surface area contributed by atoms with Crippen LogP contribution in [-0.4, -0.2) is 32.2 Å². The second-order valence-electron chi connectivity index (χ2n) is 5.48. The Balaban J connectivity index is 2.66. The molecule has 118 valence electrons. The number of rotatable bonds is 5. The highest BCUT2D eigenvalue weighted by molar-refractivity contribution is 7.91. The molecule has 8 heteroatoms. The highest BCUT2D eigenvalue weighted by Crippen LogP contribution is 2.20. The largest absolute Gasteiger partial charge is 0.376 e. The molecule has 1 amide bonds. The Bertz CT molecular complexity index is 593. The van der Waals surface area contributed by atoms with E-state index in [0.717, 1.165) is 12.1 Å². The second-order valence-corrected chi connectivity index (χ2v) is 7.40. The number of alkyl halides is 2. The molecule has 1 aromatic rings. The van der Waals surface area contributed by atoms with Crippen LogP contribution in [-0.2, 0) is 14.6 Å². The normalized spacial score (nSPS) is 12.3. The van der Waals surface area contributed by atoms with Gasteiger partial charge < -0.3 is 10.6 Å². The molecule has 1 rings (SSSR count). The van der Waals surface area contributed by atoms with Crippen molar-refractivity contribution in [3.63, 3.8) is 0 Å². The Hall–Kier alpha value is -1.70. The third-order valence-corrected chi connectivity index (χ3v) is 3.78. The third-order valence-electron chi connectivity index (χ3n) is 2.38. The fourth-order valence-corrected chi connectivity index (χ4v) is 2.23. The second kappa shape index (κ2) is 6.38. The first-order valence-electron chi connectivity index (χ1n) is 6.19. The summed E-state index contributed by atoms with van der Waals surface area (Å²) in [4.78, 5) is 11.1. The van der Waals surface area contributed by atoms with Gasteiger partial charge in [0.15, 0.2) is 0 Å². The van der Waals surface area contributed by atoms with Crippen LogP contribution in [0.15, 0.2) is 29.2 Å². The van der Waals surface area contributed by atoms with Crippen LogP contribution in [0.1, 0.15) is 20.8 Å². The van der Waals surface area contributed by atoms with Crippen molar-refractivity contribution in [3.8, 4) is 0 Å². The topological polar surface area (TPSA) is 75.3 Å². The lowest BCUT2D eigenvalue weighted by atomic mass is 10.1. The lowest BCUT2D eigenvalue weighted by Gasteiger charge is -2.20. The van der Waals surface area contributed by atoms with E-state index >= 15 is 0 Å². The summed E-state index contributed by atoms with van der Waals surface area (Å²) < 4.78 is 47.2. The fourth-order valence-electron chi connectivity index (χ4n) is 1.51. The molecule has 0 aliphatic rings. The predicted octanol–water partition coefficient (Wildman–Crippen LogP) is 2.01. The molecule has 0 aliphatic heterocycles. The van der Waals surface area contributed by atoms with Gasteiger partial charge in [-0.1, -0.05) is 0 Å². The molecule has 0 bridgehead atoms. The first-order chi connectivity index (χ1) is 9.52. The van der Waals surface area contributed by atoms with Gasteiger partial charge in [0.05, 0.1) is 11.4 Å². The van der Waals surface area contributed by atoms with Gasteiger partial charge in [0.1, 0.15) is 0 Å². The fraction of sp³-hybridized carbons (Fsp3) is 0.462. The van der Waals surface area contributed by atoms with Crippen LogP contribution in [0.4, 0.5) is 14.5 Å². The van der Waals surface area contributed by atoms with Crippen molar-refractivity contribution in [2.45, 2.75) is 37.0 Å². The summed E-state index contributed by atoms with van der Waals surface area (Å²) in [6.45, 7) is 5.52. The van der Waals surface area contributed by atoms with Gasteiger partial charge in [-0.2, -0.15) is 8.78 Å². The Morgan fingerprint density at radius 1 is 1.19 bits per heavy atom. The number of sulfone groups is 1. The molecule has 0 aliphatic carbocycles. The molecule has 0 fully saturated rings. The number of hydrogen-bond acceptors (Lipinski definition) is 4. The summed E-state index contributed by atoms with van der Waals surface area (Å²) in [6.07, 6.45) is 0. The van der Waals surface area contributed by atoms with Crippen molar-refractivity contribution in [1.82, 2.24) is 5.32 Å². The molecular formula is C13H18F2N2O3S. The Morgan fingerprint density at radius 3 is 2.14 bits per heavy atom. The number of carbonyl (C=O) groups is 1. The van der Waals surface area contributed by atoms with Gasteiger partial charge in [0, 0.05) is 11.2 Å². The van der Waals surface area contributed by atoms with Crippen molar-refractivity contribution < 1.29 is 22.0 Å². The highest BCUT2D eigenvalue weighted by atomic mass is 32.2. The summed E-state index contributed by atoms with van der Waals surface area (Å²) >= 11 is 0. The molecule has 2 N–H and O–H groups in total. The minimum absolute atomic E-state index is 0.00177. The minimum Gasteiger partial charge on any atom is -0.376 e. The lowest BCUT2D eigenvalue weighted by Crippen LogP contribution is -2.43. The molecule has 5 nitrogen and oxygen atoms in total. The standard InChI is InChI=1S/C13H18F2N2O3S/c1-13(2,3)17-11(18)8-16-9-4-6-10(7-5-9)21(19,20)12(14)15/h4-7,12,16H,8H2,1-3H3,(H,17,18). The number of halogens is 2. The van der Waals surface area contributed by atoms with E-state index in [1.807, 2.05) is 20.8 Å². The molecule has 0 heterocycles. The van der Waals surface area contributed by atoms with Crippen LogP contribution in [0.25, 0.3) is 0 Å². The predicted molar refractivity (Wildman–Crippen MR) is 76.0 cm³/mol. The van der Waals surface area contributed by atoms with Crippen molar-refractivity contribution in [3.05, 3.63) is 24.3 Å². The quantitative estimate of drug-likeness (QED) is 0.870. The van der Waals surface area contributed by atoms with E-state index in [4.69, 9.17) is 0 Å². The lowest BCUT2D eigenvalue weighted by molar-refractivity contribution is -0.120. The number of anilines is 1. The third kappa shape index (κ3) is 5.30. The molecule has 0 spiro atoms. The Kier molecular flexibility index (Phi) is 5.27. The van der Waals surface area contributed by atoms with Gasteiger partial charge >= 0.3 is 5.76 Å². The maximum Gasteiger partial charge on any atom is 0.341 e. The van der Waals surface area contributed by atoms with E-state index in [-0.39, 0.29) is 18.0 Å². The number of benzene rings is 1. The maximum absolute atomic E-state index is 12.4. The Morgan fingerprint density at radius 2 is 1.71 bits per heavy atom. The summed E-state index contributed by atoms with van der Waals surface area (Å²) in [5.74, 6) is -3.68. The van der Waals surface area contributed by atoms with Gasteiger partial charge in [-0.05, 0) is 45.0 Å². The van der Waals surface area contributed by atoms with Crippen LogP contribution in [0.3, 0.4) is 0 Å². The minimum atomic E-state index is -4.59. The molecule has 0 saturated carbocycles. The first kappa shape index (κ1) is 17.4. The van der Waals surface area contributed by atoms with Crippen LogP contribution in [0.2, 0.25) is 0 Å². The maximum atomic E-state index is 12.4.